The van der Waals surface area contributed by atoms with Crippen molar-refractivity contribution >= 4 is 17.4 Å². The maximum Gasteiger partial charge on any atom is 0.339 e. The number of fused-ring (bicyclic) bond motifs is 1. The molecule has 1 aromatic carbocycles. The zero-order valence-electron chi connectivity index (χ0n) is 26.5. The third-order valence-electron chi connectivity index (χ3n) is 7.66. The number of benzene rings is 1. The van der Waals surface area contributed by atoms with Crippen molar-refractivity contribution in [2.45, 2.75) is 84.4 Å². The number of allylic oxidation sites excluding steroid dienone is 1. The van der Waals surface area contributed by atoms with Gasteiger partial charge in [0.05, 0.1) is 49.4 Å². The van der Waals surface area contributed by atoms with Gasteiger partial charge < -0.3 is 23.8 Å². The van der Waals surface area contributed by atoms with Crippen molar-refractivity contribution in [3.05, 3.63) is 83.7 Å². The highest BCUT2D eigenvalue weighted by Crippen LogP contribution is 2.38. The first-order valence-corrected chi connectivity index (χ1v) is 14.9. The van der Waals surface area contributed by atoms with E-state index in [0.29, 0.717) is 49.8 Å². The van der Waals surface area contributed by atoms with E-state index in [1.807, 2.05) is 56.5 Å². The highest BCUT2D eigenvalue weighted by atomic mass is 16.6. The van der Waals surface area contributed by atoms with Gasteiger partial charge in [-0.05, 0) is 65.0 Å². The summed E-state index contributed by atoms with van der Waals surface area (Å²) in [6, 6.07) is 10.1. The molecule has 232 valence electrons. The number of carbonyl (C=O) groups excluding carboxylic acids is 1. The molecule has 3 aromatic rings. The number of anilines is 1. The molecule has 9 heteroatoms. The molecule has 0 N–H and O–H groups in total. The van der Waals surface area contributed by atoms with Crippen molar-refractivity contribution in [1.29, 1.82) is 0 Å². The van der Waals surface area contributed by atoms with Crippen LogP contribution in [0.25, 0.3) is 5.65 Å². The van der Waals surface area contributed by atoms with Crippen LogP contribution in [0.3, 0.4) is 0 Å². The summed E-state index contributed by atoms with van der Waals surface area (Å²) in [6.07, 6.45) is 5.08. The third-order valence-corrected chi connectivity index (χ3v) is 7.66. The Balaban J connectivity index is 1.72. The first-order chi connectivity index (χ1) is 20.5. The Labute approximate surface area is 255 Å². The minimum atomic E-state index is -0.979. The van der Waals surface area contributed by atoms with E-state index in [4.69, 9.17) is 29.0 Å². The Bertz CT molecular complexity index is 1430. The number of nitrogens with zero attached hydrogens (tertiary/aromatic N) is 4. The monoisotopic (exact) mass is 590 g/mol. The molecule has 0 saturated carbocycles. The summed E-state index contributed by atoms with van der Waals surface area (Å²) in [6.45, 7) is 20.1. The summed E-state index contributed by atoms with van der Waals surface area (Å²) < 4.78 is 25.6. The lowest BCUT2D eigenvalue weighted by Crippen LogP contribution is -2.45. The average Bonchev–Trinajstić information content (AvgIpc) is 3.37. The molecule has 0 radical (unpaired) electrons. The maximum absolute atomic E-state index is 13.2. The van der Waals surface area contributed by atoms with Crippen LogP contribution in [0.4, 0.5) is 5.82 Å². The predicted molar refractivity (Wildman–Crippen MR) is 168 cm³/mol. The number of esters is 1. The van der Waals surface area contributed by atoms with E-state index in [-0.39, 0.29) is 5.60 Å². The van der Waals surface area contributed by atoms with Gasteiger partial charge in [-0.3, -0.25) is 0 Å². The van der Waals surface area contributed by atoms with E-state index in [1.54, 1.807) is 6.08 Å². The van der Waals surface area contributed by atoms with Crippen LogP contribution in [-0.2, 0) is 43.4 Å². The van der Waals surface area contributed by atoms with Crippen molar-refractivity contribution < 1.29 is 23.7 Å². The molecule has 0 unspecified atom stereocenters. The highest BCUT2D eigenvalue weighted by molar-refractivity contribution is 5.80. The molecule has 4 rings (SSSR count). The largest absolute Gasteiger partial charge is 0.467 e. The summed E-state index contributed by atoms with van der Waals surface area (Å²) in [5.41, 5.74) is 4.20. The summed E-state index contributed by atoms with van der Waals surface area (Å²) >= 11 is 0. The van der Waals surface area contributed by atoms with Gasteiger partial charge in [0.2, 0.25) is 0 Å². The normalized spacial score (nSPS) is 15.8. The highest BCUT2D eigenvalue weighted by Gasteiger charge is 2.38. The van der Waals surface area contributed by atoms with Crippen LogP contribution in [-0.4, -0.2) is 58.6 Å². The summed E-state index contributed by atoms with van der Waals surface area (Å²) in [7, 11) is 1.38. The minimum absolute atomic E-state index is 0.263. The number of hydrogen-bond acceptors (Lipinski definition) is 8. The fourth-order valence-electron chi connectivity index (χ4n) is 5.44. The SMILES string of the molecule is C=CCOC1(C)CCN(c2c([C@H](OC(C)(C)C)C(=O)OC)c(C)nc3cc(COCc4ccccc4CC=C)nn23)CC1. The zero-order valence-corrected chi connectivity index (χ0v) is 26.5. The van der Waals surface area contributed by atoms with Crippen molar-refractivity contribution in [2.75, 3.05) is 31.7 Å². The number of aryl methyl sites for hydroxylation is 1. The van der Waals surface area contributed by atoms with Gasteiger partial charge in [-0.2, -0.15) is 9.61 Å². The van der Waals surface area contributed by atoms with Gasteiger partial charge in [0.25, 0.3) is 0 Å². The fraction of sp³-hybridized carbons (Fsp3) is 0.500. The van der Waals surface area contributed by atoms with Crippen LogP contribution in [0.2, 0.25) is 0 Å². The quantitative estimate of drug-likeness (QED) is 0.175. The second kappa shape index (κ2) is 13.8. The number of ether oxygens (including phenoxy) is 4. The number of piperidine rings is 1. The molecule has 3 heterocycles. The van der Waals surface area contributed by atoms with E-state index in [0.717, 1.165) is 36.3 Å². The van der Waals surface area contributed by atoms with E-state index in [9.17, 15) is 4.79 Å². The van der Waals surface area contributed by atoms with Gasteiger partial charge in [-0.15, -0.1) is 13.2 Å². The first-order valence-electron chi connectivity index (χ1n) is 14.9. The molecule has 1 atom stereocenters. The predicted octanol–water partition coefficient (Wildman–Crippen LogP) is 6.07. The van der Waals surface area contributed by atoms with Gasteiger partial charge in [-0.25, -0.2) is 9.78 Å². The van der Waals surface area contributed by atoms with Gasteiger partial charge in [0.15, 0.2) is 11.8 Å². The lowest BCUT2D eigenvalue weighted by Gasteiger charge is -2.41. The molecule has 0 aliphatic carbocycles. The molecule has 0 bridgehead atoms. The van der Waals surface area contributed by atoms with E-state index in [2.05, 4.69) is 37.1 Å². The lowest BCUT2D eigenvalue weighted by molar-refractivity contribution is -0.164. The van der Waals surface area contributed by atoms with Crippen molar-refractivity contribution in [3.63, 3.8) is 0 Å². The Morgan fingerprint density at radius 2 is 1.81 bits per heavy atom. The van der Waals surface area contributed by atoms with Crippen LogP contribution in [0.5, 0.6) is 0 Å². The number of carbonyl (C=O) groups is 1. The van der Waals surface area contributed by atoms with E-state index in [1.165, 1.54) is 12.7 Å². The van der Waals surface area contributed by atoms with Crippen LogP contribution >= 0.6 is 0 Å². The molecular weight excluding hydrogens is 544 g/mol. The number of methoxy groups -OCH3 is 1. The Morgan fingerprint density at radius 1 is 1.12 bits per heavy atom. The molecule has 2 aromatic heterocycles. The van der Waals surface area contributed by atoms with Gasteiger partial charge in [0.1, 0.15) is 5.82 Å². The van der Waals surface area contributed by atoms with Crippen LogP contribution < -0.4 is 4.90 Å². The average molecular weight is 591 g/mol. The summed E-state index contributed by atoms with van der Waals surface area (Å²) in [5.74, 6) is 0.293. The molecule has 1 saturated heterocycles. The number of aromatic nitrogens is 3. The van der Waals surface area contributed by atoms with Crippen molar-refractivity contribution in [2.24, 2.45) is 0 Å². The smallest absolute Gasteiger partial charge is 0.339 e. The molecule has 43 heavy (non-hydrogen) atoms. The minimum Gasteiger partial charge on any atom is -0.467 e. The Kier molecular flexibility index (Phi) is 10.4. The van der Waals surface area contributed by atoms with E-state index >= 15 is 0 Å². The van der Waals surface area contributed by atoms with Crippen LogP contribution in [0.15, 0.2) is 55.6 Å². The first kappa shape index (κ1) is 32.4. The Hall–Kier alpha value is -3.53. The van der Waals surface area contributed by atoms with Crippen molar-refractivity contribution in [1.82, 2.24) is 14.6 Å². The fourth-order valence-corrected chi connectivity index (χ4v) is 5.44. The second-order valence-corrected chi connectivity index (χ2v) is 12.3. The van der Waals surface area contributed by atoms with E-state index < -0.39 is 17.7 Å². The third kappa shape index (κ3) is 7.90. The maximum atomic E-state index is 13.2. The summed E-state index contributed by atoms with van der Waals surface area (Å²) in [5, 5.41) is 4.95. The van der Waals surface area contributed by atoms with Crippen LogP contribution in [0.1, 0.15) is 74.7 Å². The molecule has 9 nitrogen and oxygen atoms in total. The molecule has 0 amide bonds. The number of rotatable bonds is 13. The molecular formula is C34H46N4O5. The molecule has 1 fully saturated rings. The topological polar surface area (TPSA) is 87.4 Å². The summed E-state index contributed by atoms with van der Waals surface area (Å²) in [4.78, 5) is 20.3. The van der Waals surface area contributed by atoms with Crippen molar-refractivity contribution in [3.8, 4) is 0 Å². The lowest BCUT2D eigenvalue weighted by atomic mass is 9.92. The zero-order chi connectivity index (χ0) is 31.2. The molecule has 0 spiro atoms. The molecule has 1 aliphatic heterocycles. The molecule has 1 aliphatic rings. The standard InChI is InChI=1S/C34H46N4O5/c1-9-13-25-14-11-12-15-26(25)22-41-23-27-21-28-35-24(3)29(30(32(39)40-8)43-33(4,5)6)31(38(28)36-27)37-18-16-34(7,17-19-37)42-20-10-2/h9-12,14-15,21,30H,1-2,13,16-20,22-23H2,3-8H3/t30-/m0/s1. The number of hydrogen-bond donors (Lipinski definition) is 0. The second-order valence-electron chi connectivity index (χ2n) is 12.3. The van der Waals surface area contributed by atoms with Crippen LogP contribution in [0, 0.1) is 6.92 Å². The van der Waals surface area contributed by atoms with Gasteiger partial charge in [-0.1, -0.05) is 36.4 Å². The Morgan fingerprint density at radius 3 is 2.44 bits per heavy atom. The van der Waals surface area contributed by atoms with Gasteiger partial charge in [0, 0.05) is 24.8 Å². The van der Waals surface area contributed by atoms with Gasteiger partial charge >= 0.3 is 5.97 Å².